The van der Waals surface area contributed by atoms with Gasteiger partial charge in [-0.15, -0.1) is 22.7 Å². The van der Waals surface area contributed by atoms with Crippen molar-refractivity contribution in [3.8, 4) is 44.0 Å². The molecule has 2 aliphatic heterocycles. The Morgan fingerprint density at radius 1 is 0.606 bits per heavy atom. The lowest BCUT2D eigenvalue weighted by atomic mass is 9.91. The molecule has 8 rings (SSSR count). The molecule has 0 aliphatic carbocycles. The monoisotopic (exact) mass is 1080 g/mol. The number of halogens is 10. The molecular weight excluding hydrogens is 1050 g/mol. The molecule has 12 nitrogen and oxygen atoms in total. The summed E-state index contributed by atoms with van der Waals surface area (Å²) in [6.07, 6.45) is -8.86. The average molecular weight is 1080 g/mol. The van der Waals surface area contributed by atoms with Gasteiger partial charge in [-0.3, -0.25) is 9.11 Å². The largest absolute Gasteiger partial charge is 0.487 e. The molecular formula is C40H32Cl4F6N4O8S4. The summed E-state index contributed by atoms with van der Waals surface area (Å²) >= 11 is 26.3. The van der Waals surface area contributed by atoms with E-state index in [9.17, 15) is 52.3 Å². The van der Waals surface area contributed by atoms with Crippen LogP contribution in [0.5, 0.6) is 11.5 Å². The van der Waals surface area contributed by atoms with Crippen molar-refractivity contribution >= 4 is 89.3 Å². The quantitative estimate of drug-likeness (QED) is 0.0575. The summed E-state index contributed by atoms with van der Waals surface area (Å²) in [4.78, 5) is 0.224. The first-order valence-corrected chi connectivity index (χ1v) is 25.7. The van der Waals surface area contributed by atoms with Crippen molar-refractivity contribution in [3.63, 3.8) is 0 Å². The van der Waals surface area contributed by atoms with Crippen LogP contribution in [0, 0.1) is 0 Å². The fourth-order valence-electron chi connectivity index (χ4n) is 8.02. The molecule has 4 aromatic heterocycles. The molecule has 0 fully saturated rings. The Hall–Kier alpha value is -3.58. The standard InChI is InChI=1S/C40H32Cl4F6N4O8S4/c41-19-9-11-27(25(43)13-19)53-35-21(17-61-29-15-31(63-37(29)35)65(55,56)57)33(51-53)23(39(45,46)47)7-5-3-1-2-4-6-8-24(40(48,49)50)34-22-18-62-30-16-32(66(58,59)60)64-38(30)36(22)54(52-34)28-12-10-20(42)14-26(28)44/h9-16,23-24H,1-8,17-18H2,(H,55,56,57)(H,58,59,60). The molecule has 66 heavy (non-hydrogen) atoms. The summed E-state index contributed by atoms with van der Waals surface area (Å²) in [6, 6.07) is 10.7. The van der Waals surface area contributed by atoms with Crippen LogP contribution in [-0.4, -0.2) is 57.9 Å². The zero-order valence-corrected chi connectivity index (χ0v) is 39.7. The van der Waals surface area contributed by atoms with E-state index in [1.54, 1.807) is 0 Å². The summed E-state index contributed by atoms with van der Waals surface area (Å²) in [6.45, 7) is -0.796. The van der Waals surface area contributed by atoms with E-state index in [-0.39, 0.29) is 99.5 Å². The summed E-state index contributed by atoms with van der Waals surface area (Å²) < 4.78 is 170. The number of alkyl halides is 6. The van der Waals surface area contributed by atoms with E-state index >= 15 is 0 Å². The van der Waals surface area contributed by atoms with Crippen LogP contribution in [0.1, 0.15) is 85.7 Å². The Labute approximate surface area is 400 Å². The van der Waals surface area contributed by atoms with E-state index in [0.717, 1.165) is 12.1 Å². The smallest absolute Gasteiger partial charge is 0.397 e. The average Bonchev–Trinajstić information content (AvgIpc) is 4.00. The highest BCUT2D eigenvalue weighted by Crippen LogP contribution is 2.52. The lowest BCUT2D eigenvalue weighted by Crippen LogP contribution is -2.23. The van der Waals surface area contributed by atoms with E-state index < -0.39 is 78.9 Å². The lowest BCUT2D eigenvalue weighted by Gasteiger charge is -2.22. The molecule has 0 bridgehead atoms. The third-order valence-electron chi connectivity index (χ3n) is 11.0. The van der Waals surface area contributed by atoms with Crippen molar-refractivity contribution < 1.29 is 61.8 Å². The molecule has 26 heteroatoms. The van der Waals surface area contributed by atoms with Crippen LogP contribution in [-0.2, 0) is 33.5 Å². The molecule has 0 saturated carbocycles. The van der Waals surface area contributed by atoms with Crippen LogP contribution in [0.2, 0.25) is 20.1 Å². The molecule has 0 spiro atoms. The first-order chi connectivity index (χ1) is 30.9. The zero-order valence-electron chi connectivity index (χ0n) is 33.4. The third-order valence-corrected chi connectivity index (χ3v) is 17.0. The maximum absolute atomic E-state index is 14.9. The zero-order chi connectivity index (χ0) is 47.7. The molecule has 2 unspecified atom stereocenters. The number of benzene rings is 2. The van der Waals surface area contributed by atoms with Gasteiger partial charge in [0.1, 0.15) is 24.7 Å². The van der Waals surface area contributed by atoms with Crippen molar-refractivity contribution in [2.24, 2.45) is 0 Å². The van der Waals surface area contributed by atoms with Crippen molar-refractivity contribution in [2.75, 3.05) is 0 Å². The normalized spacial score (nSPS) is 14.8. The minimum Gasteiger partial charge on any atom is -0.487 e. The number of thiophene rings is 2. The molecule has 2 N–H and O–H groups in total. The van der Waals surface area contributed by atoms with Crippen molar-refractivity contribution in [1.29, 1.82) is 0 Å². The van der Waals surface area contributed by atoms with Gasteiger partial charge in [-0.25, -0.2) is 9.36 Å². The van der Waals surface area contributed by atoms with Gasteiger partial charge < -0.3 is 9.47 Å². The maximum atomic E-state index is 14.9. The van der Waals surface area contributed by atoms with E-state index in [0.29, 0.717) is 48.4 Å². The SMILES string of the molecule is O=S(=O)(O)c1cc2c(s1)-c1c(c(C(CCCCCCCCC(c3nn(-c4ccc(Cl)cc4Cl)c4c3COc3cc(S(=O)(=O)O)sc3-4)C(F)(F)F)C(F)(F)F)nn1-c1ccc(Cl)cc1Cl)CO2. The first-order valence-electron chi connectivity index (χ1n) is 19.7. The minimum atomic E-state index is -4.79. The summed E-state index contributed by atoms with van der Waals surface area (Å²) in [5, 5.41) is 9.37. The summed E-state index contributed by atoms with van der Waals surface area (Å²) in [5.41, 5.74) is -0.0993. The highest BCUT2D eigenvalue weighted by Gasteiger charge is 2.47. The lowest BCUT2D eigenvalue weighted by molar-refractivity contribution is -0.154. The van der Waals surface area contributed by atoms with Gasteiger partial charge in [0.05, 0.1) is 65.8 Å². The Morgan fingerprint density at radius 2 is 0.970 bits per heavy atom. The Balaban J connectivity index is 0.975. The summed E-state index contributed by atoms with van der Waals surface area (Å²) in [7, 11) is -9.40. The molecule has 354 valence electrons. The second-order valence-corrected chi connectivity index (χ2v) is 22.5. The number of hydrogen-bond donors (Lipinski definition) is 2. The molecule has 0 radical (unpaired) electrons. The summed E-state index contributed by atoms with van der Waals surface area (Å²) in [5.74, 6) is -4.16. The second kappa shape index (κ2) is 18.4. The Morgan fingerprint density at radius 3 is 1.30 bits per heavy atom. The number of aromatic nitrogens is 4. The Bertz CT molecular complexity index is 2880. The molecule has 2 aliphatic rings. The van der Waals surface area contributed by atoms with Gasteiger partial charge in [-0.1, -0.05) is 84.9 Å². The van der Waals surface area contributed by atoms with Crippen LogP contribution < -0.4 is 9.47 Å². The van der Waals surface area contributed by atoms with Gasteiger partial charge in [-0.05, 0) is 49.2 Å². The van der Waals surface area contributed by atoms with Crippen LogP contribution >= 0.6 is 69.1 Å². The van der Waals surface area contributed by atoms with Crippen molar-refractivity contribution in [1.82, 2.24) is 19.6 Å². The fourth-order valence-corrected chi connectivity index (χ4v) is 12.6. The van der Waals surface area contributed by atoms with Gasteiger partial charge >= 0.3 is 32.6 Å². The number of nitrogens with zero attached hydrogens (tertiary/aromatic N) is 4. The molecule has 2 atom stereocenters. The van der Waals surface area contributed by atoms with Gasteiger partial charge in [0.25, 0.3) is 0 Å². The van der Waals surface area contributed by atoms with Gasteiger partial charge in [-0.2, -0.15) is 53.4 Å². The van der Waals surface area contributed by atoms with E-state index in [1.807, 2.05) is 0 Å². The first kappa shape index (κ1) is 48.9. The third kappa shape index (κ3) is 9.82. The Kier molecular flexibility index (Phi) is 13.6. The minimum absolute atomic E-state index is 0.0164. The molecule has 0 amide bonds. The highest BCUT2D eigenvalue weighted by molar-refractivity contribution is 7.88. The molecule has 2 aromatic carbocycles. The van der Waals surface area contributed by atoms with E-state index in [4.69, 9.17) is 55.9 Å². The van der Waals surface area contributed by atoms with Crippen molar-refractivity contribution in [3.05, 3.63) is 91.1 Å². The van der Waals surface area contributed by atoms with Gasteiger partial charge in [0.15, 0.2) is 8.42 Å². The second-order valence-electron chi connectivity index (χ2n) is 15.4. The fraction of sp³-hybridized carbons (Fsp3) is 0.350. The number of rotatable bonds is 15. The van der Waals surface area contributed by atoms with Crippen LogP contribution in [0.25, 0.3) is 32.5 Å². The molecule has 0 saturated heterocycles. The van der Waals surface area contributed by atoms with Crippen molar-refractivity contribution in [2.45, 2.75) is 97.2 Å². The number of fused-ring (bicyclic) bond motifs is 6. The number of unbranched alkanes of at least 4 members (excludes halogenated alkanes) is 5. The highest BCUT2D eigenvalue weighted by atomic mass is 35.5. The molecule has 6 aromatic rings. The van der Waals surface area contributed by atoms with Gasteiger partial charge in [0.2, 0.25) is 0 Å². The van der Waals surface area contributed by atoms with Crippen LogP contribution in [0.3, 0.4) is 0 Å². The predicted octanol–water partition coefficient (Wildman–Crippen LogP) is 13.5. The van der Waals surface area contributed by atoms with Crippen LogP contribution in [0.4, 0.5) is 26.3 Å². The van der Waals surface area contributed by atoms with Gasteiger partial charge in [0, 0.05) is 33.3 Å². The number of ether oxygens (including phenoxy) is 2. The van der Waals surface area contributed by atoms with E-state index in [1.165, 1.54) is 45.8 Å². The van der Waals surface area contributed by atoms with Crippen LogP contribution in [0.15, 0.2) is 56.9 Å². The van der Waals surface area contributed by atoms with E-state index in [2.05, 4.69) is 10.2 Å². The predicted molar refractivity (Wildman–Crippen MR) is 237 cm³/mol. The topological polar surface area (TPSA) is 163 Å². The number of hydrogen-bond acceptors (Lipinski definition) is 10. The molecule has 6 heterocycles. The maximum Gasteiger partial charge on any atom is 0.397 e.